The predicted molar refractivity (Wildman–Crippen MR) is 132 cm³/mol. The third-order valence-electron chi connectivity index (χ3n) is 7.31. The molecule has 1 amide bonds. The number of hydrogen-bond acceptors (Lipinski definition) is 4. The molecule has 0 bridgehead atoms. The van der Waals surface area contributed by atoms with E-state index in [2.05, 4.69) is 46.4 Å². The molecule has 3 heterocycles. The van der Waals surface area contributed by atoms with Crippen LogP contribution >= 0.6 is 0 Å². The standard InChI is InChI=1S/C27H35F3N4O/c1-20-5-8-24(9-6-20)33-15-11-21(12-16-33)3-2-4-26(35)34-17-13-23(14-18-34)32-25-10-7-22(19-31-25)27(28,29)30/h5-10,19,21,23H,2-4,11-18H2,1H3,(H,31,32). The highest BCUT2D eigenvalue weighted by Crippen LogP contribution is 2.29. The number of likely N-dealkylation sites (tertiary alicyclic amines) is 1. The van der Waals surface area contributed by atoms with E-state index in [0.29, 0.717) is 31.2 Å². The third kappa shape index (κ3) is 7.12. The molecule has 2 saturated heterocycles. The molecular weight excluding hydrogens is 453 g/mol. The Morgan fingerprint density at radius 1 is 1.00 bits per heavy atom. The number of piperidine rings is 2. The van der Waals surface area contributed by atoms with Crippen LogP contribution in [0, 0.1) is 12.8 Å². The zero-order chi connectivity index (χ0) is 24.8. The Bertz CT molecular complexity index is 946. The molecule has 0 unspecified atom stereocenters. The maximum atomic E-state index is 12.7. The molecule has 0 radical (unpaired) electrons. The summed E-state index contributed by atoms with van der Waals surface area (Å²) < 4.78 is 38.0. The second kappa shape index (κ2) is 11.3. The average Bonchev–Trinajstić information content (AvgIpc) is 2.85. The van der Waals surface area contributed by atoms with Crippen LogP contribution in [-0.2, 0) is 11.0 Å². The minimum Gasteiger partial charge on any atom is -0.372 e. The largest absolute Gasteiger partial charge is 0.417 e. The van der Waals surface area contributed by atoms with Crippen LogP contribution in [0.25, 0.3) is 0 Å². The minimum atomic E-state index is -4.38. The summed E-state index contributed by atoms with van der Waals surface area (Å²) in [7, 11) is 0. The van der Waals surface area contributed by atoms with Crippen molar-refractivity contribution in [3.05, 3.63) is 53.7 Å². The molecule has 35 heavy (non-hydrogen) atoms. The van der Waals surface area contributed by atoms with E-state index in [1.165, 1.54) is 30.2 Å². The SMILES string of the molecule is Cc1ccc(N2CCC(CCCC(=O)N3CCC(Nc4ccc(C(F)(F)F)cn4)CC3)CC2)cc1. The van der Waals surface area contributed by atoms with Crippen LogP contribution in [0.1, 0.15) is 56.1 Å². The van der Waals surface area contributed by atoms with Gasteiger partial charge in [-0.3, -0.25) is 4.79 Å². The molecule has 2 aliphatic heterocycles. The van der Waals surface area contributed by atoms with Gasteiger partial charge in [0.15, 0.2) is 0 Å². The van der Waals surface area contributed by atoms with Crippen molar-refractivity contribution in [2.24, 2.45) is 5.92 Å². The molecule has 0 saturated carbocycles. The molecule has 4 rings (SSSR count). The fourth-order valence-corrected chi connectivity index (χ4v) is 5.06. The Hall–Kier alpha value is -2.77. The number of aromatic nitrogens is 1. The first-order valence-corrected chi connectivity index (χ1v) is 12.7. The molecule has 0 spiro atoms. The molecule has 1 aromatic carbocycles. The zero-order valence-electron chi connectivity index (χ0n) is 20.4. The smallest absolute Gasteiger partial charge is 0.372 e. The van der Waals surface area contributed by atoms with Crippen LogP contribution in [0.3, 0.4) is 0 Å². The van der Waals surface area contributed by atoms with Crippen molar-refractivity contribution in [2.75, 3.05) is 36.4 Å². The number of halogens is 3. The van der Waals surface area contributed by atoms with E-state index in [0.717, 1.165) is 51.0 Å². The molecule has 2 aromatic rings. The molecule has 8 heteroatoms. The third-order valence-corrected chi connectivity index (χ3v) is 7.31. The second-order valence-corrected chi connectivity index (χ2v) is 9.89. The first-order chi connectivity index (χ1) is 16.8. The second-order valence-electron chi connectivity index (χ2n) is 9.89. The number of aryl methyl sites for hydroxylation is 1. The van der Waals surface area contributed by atoms with E-state index in [4.69, 9.17) is 0 Å². The summed E-state index contributed by atoms with van der Waals surface area (Å²) in [5.74, 6) is 1.35. The summed E-state index contributed by atoms with van der Waals surface area (Å²) >= 11 is 0. The van der Waals surface area contributed by atoms with Crippen LogP contribution in [0.15, 0.2) is 42.6 Å². The van der Waals surface area contributed by atoms with Crippen molar-refractivity contribution in [3.63, 3.8) is 0 Å². The molecule has 5 nitrogen and oxygen atoms in total. The highest BCUT2D eigenvalue weighted by molar-refractivity contribution is 5.76. The Balaban J connectivity index is 1.11. The van der Waals surface area contributed by atoms with Crippen LogP contribution < -0.4 is 10.2 Å². The van der Waals surface area contributed by atoms with Gasteiger partial charge in [0.1, 0.15) is 5.82 Å². The number of nitrogens with zero attached hydrogens (tertiary/aromatic N) is 3. The van der Waals surface area contributed by atoms with Crippen molar-refractivity contribution in [1.29, 1.82) is 0 Å². The molecule has 190 valence electrons. The van der Waals surface area contributed by atoms with E-state index < -0.39 is 11.7 Å². The van der Waals surface area contributed by atoms with Gasteiger partial charge in [-0.15, -0.1) is 0 Å². The number of anilines is 2. The fourth-order valence-electron chi connectivity index (χ4n) is 5.06. The lowest BCUT2D eigenvalue weighted by atomic mass is 9.91. The molecular formula is C27H35F3N4O. The zero-order valence-corrected chi connectivity index (χ0v) is 20.4. The van der Waals surface area contributed by atoms with Gasteiger partial charge in [-0.25, -0.2) is 4.98 Å². The van der Waals surface area contributed by atoms with Gasteiger partial charge < -0.3 is 15.1 Å². The van der Waals surface area contributed by atoms with E-state index >= 15 is 0 Å². The quantitative estimate of drug-likeness (QED) is 0.527. The van der Waals surface area contributed by atoms with Crippen LogP contribution in [0.2, 0.25) is 0 Å². The fraction of sp³-hybridized carbons (Fsp3) is 0.556. The number of benzene rings is 1. The van der Waals surface area contributed by atoms with Gasteiger partial charge in [-0.2, -0.15) is 13.2 Å². The van der Waals surface area contributed by atoms with Crippen LogP contribution in [-0.4, -0.2) is 48.0 Å². The first kappa shape index (κ1) is 25.3. The van der Waals surface area contributed by atoms with Gasteiger partial charge in [-0.1, -0.05) is 17.7 Å². The highest BCUT2D eigenvalue weighted by atomic mass is 19.4. The number of carbonyl (C=O) groups is 1. The maximum absolute atomic E-state index is 12.7. The van der Waals surface area contributed by atoms with E-state index in [1.807, 2.05) is 4.90 Å². The van der Waals surface area contributed by atoms with Crippen molar-refractivity contribution >= 4 is 17.4 Å². The van der Waals surface area contributed by atoms with Crippen LogP contribution in [0.4, 0.5) is 24.7 Å². The number of alkyl halides is 3. The molecule has 1 aromatic heterocycles. The first-order valence-electron chi connectivity index (χ1n) is 12.7. The number of amides is 1. The lowest BCUT2D eigenvalue weighted by Gasteiger charge is -2.34. The lowest BCUT2D eigenvalue weighted by Crippen LogP contribution is -2.42. The average molecular weight is 489 g/mol. The van der Waals surface area contributed by atoms with E-state index in [-0.39, 0.29) is 11.9 Å². The molecule has 2 aliphatic rings. The Labute approximate surface area is 205 Å². The normalized spacial score (nSPS) is 18.1. The summed E-state index contributed by atoms with van der Waals surface area (Å²) in [5.41, 5.74) is 1.83. The van der Waals surface area contributed by atoms with Gasteiger partial charge in [0.25, 0.3) is 0 Å². The monoisotopic (exact) mass is 488 g/mol. The molecule has 2 fully saturated rings. The number of carbonyl (C=O) groups excluding carboxylic acids is 1. The summed E-state index contributed by atoms with van der Waals surface area (Å²) in [6.45, 7) is 5.61. The Morgan fingerprint density at radius 3 is 2.29 bits per heavy atom. The number of rotatable bonds is 7. The van der Waals surface area contributed by atoms with Crippen LogP contribution in [0.5, 0.6) is 0 Å². The minimum absolute atomic E-state index is 0.113. The van der Waals surface area contributed by atoms with Crippen molar-refractivity contribution in [3.8, 4) is 0 Å². The van der Waals surface area contributed by atoms with Gasteiger partial charge in [-0.05, 0) is 75.6 Å². The van der Waals surface area contributed by atoms with E-state index in [9.17, 15) is 18.0 Å². The number of nitrogens with one attached hydrogen (secondary N) is 1. The lowest BCUT2D eigenvalue weighted by molar-refractivity contribution is -0.137. The summed E-state index contributed by atoms with van der Waals surface area (Å²) in [6, 6.07) is 11.3. The topological polar surface area (TPSA) is 48.5 Å². The summed E-state index contributed by atoms with van der Waals surface area (Å²) in [5, 5.41) is 3.20. The van der Waals surface area contributed by atoms with Gasteiger partial charge >= 0.3 is 6.18 Å². The number of hydrogen-bond donors (Lipinski definition) is 1. The molecule has 0 aliphatic carbocycles. The summed E-state index contributed by atoms with van der Waals surface area (Å²) in [4.78, 5) is 21.0. The van der Waals surface area contributed by atoms with Gasteiger partial charge in [0.05, 0.1) is 5.56 Å². The van der Waals surface area contributed by atoms with Gasteiger partial charge in [0.2, 0.25) is 5.91 Å². The Morgan fingerprint density at radius 2 is 1.69 bits per heavy atom. The highest BCUT2D eigenvalue weighted by Gasteiger charge is 2.31. The Kier molecular flexibility index (Phi) is 8.19. The van der Waals surface area contributed by atoms with E-state index in [1.54, 1.807) is 0 Å². The van der Waals surface area contributed by atoms with Crippen molar-refractivity contribution < 1.29 is 18.0 Å². The maximum Gasteiger partial charge on any atom is 0.417 e. The molecule has 0 atom stereocenters. The van der Waals surface area contributed by atoms with Crippen molar-refractivity contribution in [1.82, 2.24) is 9.88 Å². The summed E-state index contributed by atoms with van der Waals surface area (Å²) in [6.07, 6.45) is 3.00. The van der Waals surface area contributed by atoms with Crippen molar-refractivity contribution in [2.45, 2.75) is 64.1 Å². The van der Waals surface area contributed by atoms with Gasteiger partial charge in [0, 0.05) is 50.5 Å². The molecule has 1 N–H and O–H groups in total. The predicted octanol–water partition coefficient (Wildman–Crippen LogP) is 5.90. The number of pyridine rings is 1.